The molecule has 1 N–H and O–H groups in total. The summed E-state index contributed by atoms with van der Waals surface area (Å²) in [5.74, 6) is 1.27. The van der Waals surface area contributed by atoms with Crippen LogP contribution in [0.4, 0.5) is 0 Å². The van der Waals surface area contributed by atoms with E-state index in [2.05, 4.69) is 4.90 Å². The SMILES string of the molecule is C[C@@H](Oc1ccccc1)C(=O)N1CCN(C[C@H](O)c2ccco2)CC1. The lowest BCUT2D eigenvalue weighted by molar-refractivity contribution is -0.139. The molecule has 1 aliphatic rings. The average Bonchev–Trinajstić information content (AvgIpc) is 3.17. The summed E-state index contributed by atoms with van der Waals surface area (Å²) in [6.45, 7) is 5.00. The van der Waals surface area contributed by atoms with E-state index in [1.165, 1.54) is 0 Å². The number of hydrogen-bond acceptors (Lipinski definition) is 5. The van der Waals surface area contributed by atoms with E-state index in [9.17, 15) is 9.90 Å². The van der Waals surface area contributed by atoms with Gasteiger partial charge in [0.2, 0.25) is 0 Å². The molecule has 1 saturated heterocycles. The fourth-order valence-corrected chi connectivity index (χ4v) is 2.98. The molecule has 1 amide bonds. The molecule has 0 radical (unpaired) electrons. The second-order valence-corrected chi connectivity index (χ2v) is 6.23. The van der Waals surface area contributed by atoms with Gasteiger partial charge in [-0.25, -0.2) is 0 Å². The Labute approximate surface area is 147 Å². The van der Waals surface area contributed by atoms with Gasteiger partial charge >= 0.3 is 0 Å². The Morgan fingerprint density at radius 1 is 1.16 bits per heavy atom. The van der Waals surface area contributed by atoms with Gasteiger partial charge in [0.1, 0.15) is 17.6 Å². The molecule has 2 atom stereocenters. The van der Waals surface area contributed by atoms with Gasteiger partial charge in [-0.05, 0) is 31.2 Å². The van der Waals surface area contributed by atoms with Crippen molar-refractivity contribution in [2.24, 2.45) is 0 Å². The number of carbonyl (C=O) groups is 1. The van der Waals surface area contributed by atoms with Crippen LogP contribution in [-0.4, -0.2) is 59.6 Å². The second kappa shape index (κ2) is 8.18. The lowest BCUT2D eigenvalue weighted by Gasteiger charge is -2.36. The van der Waals surface area contributed by atoms with Gasteiger partial charge < -0.3 is 19.2 Å². The van der Waals surface area contributed by atoms with Gasteiger partial charge in [-0.15, -0.1) is 0 Å². The molecule has 1 fully saturated rings. The van der Waals surface area contributed by atoms with Crippen molar-refractivity contribution in [2.75, 3.05) is 32.7 Å². The van der Waals surface area contributed by atoms with Gasteiger partial charge in [0.05, 0.1) is 6.26 Å². The van der Waals surface area contributed by atoms with Gasteiger partial charge in [-0.3, -0.25) is 9.69 Å². The lowest BCUT2D eigenvalue weighted by Crippen LogP contribution is -2.52. The lowest BCUT2D eigenvalue weighted by atomic mass is 10.2. The van der Waals surface area contributed by atoms with E-state index >= 15 is 0 Å². The van der Waals surface area contributed by atoms with Crippen LogP contribution >= 0.6 is 0 Å². The number of aliphatic hydroxyl groups is 1. The summed E-state index contributed by atoms with van der Waals surface area (Å²) in [7, 11) is 0. The Hall–Kier alpha value is -2.31. The number of rotatable bonds is 6. The van der Waals surface area contributed by atoms with Crippen molar-refractivity contribution in [3.63, 3.8) is 0 Å². The monoisotopic (exact) mass is 344 g/mol. The van der Waals surface area contributed by atoms with Crippen molar-refractivity contribution in [3.05, 3.63) is 54.5 Å². The summed E-state index contributed by atoms with van der Waals surface area (Å²) in [6, 6.07) is 12.9. The normalized spacial score (nSPS) is 17.9. The number of hydrogen-bond donors (Lipinski definition) is 1. The van der Waals surface area contributed by atoms with Crippen molar-refractivity contribution in [1.29, 1.82) is 0 Å². The summed E-state index contributed by atoms with van der Waals surface area (Å²) in [5.41, 5.74) is 0. The molecule has 0 bridgehead atoms. The summed E-state index contributed by atoms with van der Waals surface area (Å²) in [6.07, 6.45) is 0.406. The maximum atomic E-state index is 12.5. The molecule has 6 nitrogen and oxygen atoms in total. The van der Waals surface area contributed by atoms with E-state index in [1.807, 2.05) is 35.2 Å². The molecule has 0 aliphatic carbocycles. The molecule has 134 valence electrons. The van der Waals surface area contributed by atoms with Gasteiger partial charge in [0.15, 0.2) is 6.10 Å². The maximum absolute atomic E-state index is 12.5. The van der Waals surface area contributed by atoms with Crippen LogP contribution < -0.4 is 4.74 Å². The van der Waals surface area contributed by atoms with E-state index in [-0.39, 0.29) is 5.91 Å². The average molecular weight is 344 g/mol. The van der Waals surface area contributed by atoms with Crippen LogP contribution in [0.25, 0.3) is 0 Å². The van der Waals surface area contributed by atoms with E-state index in [0.29, 0.717) is 31.1 Å². The predicted octanol–water partition coefficient (Wildman–Crippen LogP) is 1.92. The van der Waals surface area contributed by atoms with Gasteiger partial charge in [-0.2, -0.15) is 0 Å². The molecule has 1 aromatic carbocycles. The zero-order chi connectivity index (χ0) is 17.6. The highest BCUT2D eigenvalue weighted by atomic mass is 16.5. The Balaban J connectivity index is 1.45. The van der Waals surface area contributed by atoms with Crippen molar-refractivity contribution in [2.45, 2.75) is 19.1 Å². The van der Waals surface area contributed by atoms with E-state index in [1.54, 1.807) is 25.3 Å². The molecular weight excluding hydrogens is 320 g/mol. The van der Waals surface area contributed by atoms with E-state index in [0.717, 1.165) is 13.1 Å². The molecule has 2 aromatic rings. The molecule has 25 heavy (non-hydrogen) atoms. The molecule has 1 aliphatic heterocycles. The number of benzene rings is 1. The van der Waals surface area contributed by atoms with Gasteiger partial charge in [0.25, 0.3) is 5.91 Å². The minimum Gasteiger partial charge on any atom is -0.481 e. The Morgan fingerprint density at radius 2 is 1.88 bits per heavy atom. The first-order valence-electron chi connectivity index (χ1n) is 8.58. The van der Waals surface area contributed by atoms with Crippen LogP contribution in [0, 0.1) is 0 Å². The van der Waals surface area contributed by atoms with Crippen LogP contribution in [0.1, 0.15) is 18.8 Å². The number of β-amino-alcohol motifs (C(OH)–C–C–N with tert-alkyl or cyclic N) is 1. The third-order valence-corrected chi connectivity index (χ3v) is 4.39. The van der Waals surface area contributed by atoms with Crippen molar-refractivity contribution in [1.82, 2.24) is 9.80 Å². The highest BCUT2D eigenvalue weighted by Crippen LogP contribution is 2.17. The largest absolute Gasteiger partial charge is 0.481 e. The number of aliphatic hydroxyl groups excluding tert-OH is 1. The quantitative estimate of drug-likeness (QED) is 0.867. The minimum atomic E-state index is -0.641. The topological polar surface area (TPSA) is 66.2 Å². The maximum Gasteiger partial charge on any atom is 0.263 e. The smallest absolute Gasteiger partial charge is 0.263 e. The first kappa shape index (κ1) is 17.5. The van der Waals surface area contributed by atoms with Crippen LogP contribution in [0.3, 0.4) is 0 Å². The van der Waals surface area contributed by atoms with Crippen LogP contribution in [0.5, 0.6) is 5.75 Å². The third-order valence-electron chi connectivity index (χ3n) is 4.39. The number of nitrogens with zero attached hydrogens (tertiary/aromatic N) is 2. The Morgan fingerprint density at radius 3 is 2.52 bits per heavy atom. The van der Waals surface area contributed by atoms with E-state index < -0.39 is 12.2 Å². The van der Waals surface area contributed by atoms with Crippen LogP contribution in [0.2, 0.25) is 0 Å². The minimum absolute atomic E-state index is 0.00455. The number of ether oxygens (including phenoxy) is 1. The summed E-state index contributed by atoms with van der Waals surface area (Å²) < 4.78 is 10.9. The molecule has 3 rings (SSSR count). The first-order chi connectivity index (χ1) is 12.1. The zero-order valence-corrected chi connectivity index (χ0v) is 14.4. The van der Waals surface area contributed by atoms with Gasteiger partial charge in [0, 0.05) is 32.7 Å². The van der Waals surface area contributed by atoms with Gasteiger partial charge in [-0.1, -0.05) is 18.2 Å². The zero-order valence-electron chi connectivity index (χ0n) is 14.4. The second-order valence-electron chi connectivity index (χ2n) is 6.23. The Kier molecular flexibility index (Phi) is 5.73. The molecule has 0 unspecified atom stereocenters. The third kappa shape index (κ3) is 4.61. The molecule has 0 spiro atoms. The fraction of sp³-hybridized carbons (Fsp3) is 0.421. The first-order valence-corrected chi connectivity index (χ1v) is 8.58. The van der Waals surface area contributed by atoms with E-state index in [4.69, 9.17) is 9.15 Å². The number of para-hydroxylation sites is 1. The van der Waals surface area contributed by atoms with Crippen molar-refractivity contribution < 1.29 is 19.1 Å². The molecule has 2 heterocycles. The standard InChI is InChI=1S/C19H24N2O4/c1-15(25-16-6-3-2-4-7-16)19(23)21-11-9-20(10-12-21)14-17(22)18-8-5-13-24-18/h2-8,13,15,17,22H,9-12,14H2,1H3/t15-,17+/m1/s1. The van der Waals surface area contributed by atoms with Crippen LogP contribution in [0.15, 0.2) is 53.1 Å². The molecular formula is C19H24N2O4. The number of furan rings is 1. The fourth-order valence-electron chi connectivity index (χ4n) is 2.98. The summed E-state index contributed by atoms with van der Waals surface area (Å²) >= 11 is 0. The predicted molar refractivity (Wildman–Crippen MR) is 93.2 cm³/mol. The van der Waals surface area contributed by atoms with Crippen LogP contribution in [-0.2, 0) is 4.79 Å². The highest BCUT2D eigenvalue weighted by Gasteiger charge is 2.27. The summed E-state index contributed by atoms with van der Waals surface area (Å²) in [4.78, 5) is 16.5. The van der Waals surface area contributed by atoms with Crippen molar-refractivity contribution >= 4 is 5.91 Å². The molecule has 1 aromatic heterocycles. The molecule has 6 heteroatoms. The highest BCUT2D eigenvalue weighted by molar-refractivity contribution is 5.81. The number of amides is 1. The number of carbonyl (C=O) groups excluding carboxylic acids is 1. The number of piperazine rings is 1. The Bertz CT molecular complexity index is 651. The summed E-state index contributed by atoms with van der Waals surface area (Å²) in [5, 5.41) is 10.2. The molecule has 0 saturated carbocycles. The van der Waals surface area contributed by atoms with Crippen molar-refractivity contribution in [3.8, 4) is 5.75 Å².